The van der Waals surface area contributed by atoms with E-state index >= 15 is 0 Å². The lowest BCUT2D eigenvalue weighted by molar-refractivity contribution is -0.138. The van der Waals surface area contributed by atoms with Gasteiger partial charge < -0.3 is 14.8 Å². The lowest BCUT2D eigenvalue weighted by Gasteiger charge is -2.36. The van der Waals surface area contributed by atoms with Gasteiger partial charge in [0.2, 0.25) is 0 Å². The van der Waals surface area contributed by atoms with Crippen molar-refractivity contribution < 1.29 is 22.6 Å². The molecule has 2 rings (SSSR count). The summed E-state index contributed by atoms with van der Waals surface area (Å²) in [6, 6.07) is 5.02. The molecular weight excluding hydrogens is 380 g/mol. The van der Waals surface area contributed by atoms with Crippen LogP contribution >= 0.6 is 24.8 Å². The Morgan fingerprint density at radius 3 is 2.28 bits per heavy atom. The summed E-state index contributed by atoms with van der Waals surface area (Å²) < 4.78 is 48.9. The highest BCUT2D eigenvalue weighted by Gasteiger charge is 2.32. The molecule has 1 aliphatic rings. The molecule has 1 saturated heterocycles. The van der Waals surface area contributed by atoms with Crippen molar-refractivity contribution in [3.05, 3.63) is 23.8 Å². The first kappa shape index (κ1) is 24.1. The Morgan fingerprint density at radius 2 is 1.76 bits per heavy atom. The molecule has 1 aromatic rings. The molecular formula is C16H25Cl2F3N2O2. The predicted molar refractivity (Wildman–Crippen MR) is 96.5 cm³/mol. The molecule has 1 fully saturated rings. The van der Waals surface area contributed by atoms with Crippen molar-refractivity contribution in [2.45, 2.75) is 25.1 Å². The third-order valence-corrected chi connectivity index (χ3v) is 4.09. The highest BCUT2D eigenvalue weighted by atomic mass is 35.5. The maximum Gasteiger partial charge on any atom is 0.389 e. The summed E-state index contributed by atoms with van der Waals surface area (Å²) >= 11 is 0. The van der Waals surface area contributed by atoms with E-state index in [-0.39, 0.29) is 37.3 Å². The van der Waals surface area contributed by atoms with Gasteiger partial charge in [-0.3, -0.25) is 4.90 Å². The van der Waals surface area contributed by atoms with Gasteiger partial charge in [-0.05, 0) is 12.5 Å². The van der Waals surface area contributed by atoms with Crippen LogP contribution < -0.4 is 14.8 Å². The molecule has 9 heteroatoms. The molecule has 1 heterocycles. The van der Waals surface area contributed by atoms with Crippen LogP contribution in [0.1, 0.15) is 24.4 Å². The summed E-state index contributed by atoms with van der Waals surface area (Å²) in [5.74, 6) is 1.05. The number of hydrogen-bond acceptors (Lipinski definition) is 4. The maximum atomic E-state index is 12.7. The van der Waals surface area contributed by atoms with Crippen LogP contribution in [-0.4, -0.2) is 51.5 Å². The molecule has 0 unspecified atom stereocenters. The van der Waals surface area contributed by atoms with Gasteiger partial charge in [0.15, 0.2) is 11.5 Å². The minimum Gasteiger partial charge on any atom is -0.493 e. The fourth-order valence-electron chi connectivity index (χ4n) is 3.00. The van der Waals surface area contributed by atoms with E-state index in [4.69, 9.17) is 9.47 Å². The average Bonchev–Trinajstić information content (AvgIpc) is 2.54. The monoisotopic (exact) mass is 404 g/mol. The summed E-state index contributed by atoms with van der Waals surface area (Å²) in [5, 5.41) is 3.22. The van der Waals surface area contributed by atoms with Gasteiger partial charge in [-0.25, -0.2) is 0 Å². The highest BCUT2D eigenvalue weighted by molar-refractivity contribution is 5.85. The van der Waals surface area contributed by atoms with Crippen molar-refractivity contribution in [2.75, 3.05) is 40.4 Å². The van der Waals surface area contributed by atoms with E-state index in [2.05, 4.69) is 10.2 Å². The van der Waals surface area contributed by atoms with Gasteiger partial charge >= 0.3 is 6.18 Å². The minimum atomic E-state index is -4.17. The van der Waals surface area contributed by atoms with Crippen LogP contribution in [0.25, 0.3) is 0 Å². The molecule has 1 N–H and O–H groups in total. The van der Waals surface area contributed by atoms with E-state index in [1.807, 2.05) is 6.07 Å². The number of hydrogen-bond donors (Lipinski definition) is 1. The minimum absolute atomic E-state index is 0. The molecule has 0 saturated carbocycles. The molecule has 1 atom stereocenters. The first-order chi connectivity index (χ1) is 11.0. The zero-order valence-electron chi connectivity index (χ0n) is 14.3. The molecule has 0 amide bonds. The summed E-state index contributed by atoms with van der Waals surface area (Å²) in [5.41, 5.74) is 0.748. The van der Waals surface area contributed by atoms with E-state index in [0.717, 1.165) is 18.7 Å². The van der Waals surface area contributed by atoms with E-state index in [1.54, 1.807) is 12.1 Å². The van der Waals surface area contributed by atoms with Crippen LogP contribution in [0.5, 0.6) is 11.5 Å². The molecule has 0 aromatic heterocycles. The second-order valence-electron chi connectivity index (χ2n) is 5.54. The fraction of sp³-hybridized carbons (Fsp3) is 0.625. The van der Waals surface area contributed by atoms with Crippen LogP contribution in [0, 0.1) is 0 Å². The van der Waals surface area contributed by atoms with Gasteiger partial charge in [-0.1, -0.05) is 12.1 Å². The van der Waals surface area contributed by atoms with Crippen LogP contribution in [0.15, 0.2) is 18.2 Å². The molecule has 4 nitrogen and oxygen atoms in total. The number of para-hydroxylation sites is 1. The van der Waals surface area contributed by atoms with Crippen molar-refractivity contribution in [3.8, 4) is 11.5 Å². The number of rotatable bonds is 6. The van der Waals surface area contributed by atoms with Crippen molar-refractivity contribution in [1.82, 2.24) is 10.2 Å². The summed E-state index contributed by atoms with van der Waals surface area (Å²) in [6.45, 7) is 2.97. The second kappa shape index (κ2) is 11.0. The lowest BCUT2D eigenvalue weighted by Crippen LogP contribution is -2.45. The van der Waals surface area contributed by atoms with Gasteiger partial charge in [0.05, 0.1) is 14.2 Å². The van der Waals surface area contributed by atoms with Crippen molar-refractivity contribution in [2.24, 2.45) is 0 Å². The Labute approximate surface area is 158 Å². The Bertz CT molecular complexity index is 513. The smallest absolute Gasteiger partial charge is 0.389 e. The Kier molecular flexibility index (Phi) is 10.6. The third kappa shape index (κ3) is 6.73. The molecule has 0 aliphatic carbocycles. The molecule has 0 spiro atoms. The number of nitrogens with one attached hydrogen (secondary N) is 1. The third-order valence-electron chi connectivity index (χ3n) is 4.09. The van der Waals surface area contributed by atoms with Crippen molar-refractivity contribution in [3.63, 3.8) is 0 Å². The van der Waals surface area contributed by atoms with Crippen LogP contribution in [0.3, 0.4) is 0 Å². The predicted octanol–water partition coefficient (Wildman–Crippen LogP) is 3.84. The normalized spacial score (nSPS) is 16.4. The molecule has 1 aromatic carbocycles. The maximum absolute atomic E-state index is 12.7. The Morgan fingerprint density at radius 1 is 1.12 bits per heavy atom. The van der Waals surface area contributed by atoms with Gasteiger partial charge in [0.25, 0.3) is 0 Å². The van der Waals surface area contributed by atoms with Gasteiger partial charge in [0, 0.05) is 44.2 Å². The molecule has 1 aliphatic heterocycles. The van der Waals surface area contributed by atoms with Crippen molar-refractivity contribution >= 4 is 24.8 Å². The highest BCUT2D eigenvalue weighted by Crippen LogP contribution is 2.40. The average molecular weight is 405 g/mol. The number of ether oxygens (including phenoxy) is 2. The standard InChI is InChI=1S/C16H23F3N2O2.2ClH/c1-22-14-5-3-4-12(15(14)23-2)13(6-7-16(17,18)19)21-10-8-20-9-11-21;;/h3-5,13,20H,6-11H2,1-2H3;2*1H/t13-;;/m1../s1. The molecule has 0 bridgehead atoms. The van der Waals surface area contributed by atoms with Crippen LogP contribution in [0.2, 0.25) is 0 Å². The summed E-state index contributed by atoms with van der Waals surface area (Å²) in [6.07, 6.45) is -4.98. The van der Waals surface area contributed by atoms with Gasteiger partial charge in [0.1, 0.15) is 0 Å². The van der Waals surface area contributed by atoms with E-state index in [9.17, 15) is 13.2 Å². The van der Waals surface area contributed by atoms with E-state index in [0.29, 0.717) is 24.6 Å². The zero-order chi connectivity index (χ0) is 16.9. The topological polar surface area (TPSA) is 33.7 Å². The quantitative estimate of drug-likeness (QED) is 0.780. The lowest BCUT2D eigenvalue weighted by atomic mass is 9.97. The van der Waals surface area contributed by atoms with Gasteiger partial charge in [-0.2, -0.15) is 13.2 Å². The number of piperazine rings is 1. The number of nitrogens with zero attached hydrogens (tertiary/aromatic N) is 1. The molecule has 25 heavy (non-hydrogen) atoms. The first-order valence-electron chi connectivity index (χ1n) is 7.68. The van der Waals surface area contributed by atoms with Crippen LogP contribution in [0.4, 0.5) is 13.2 Å². The summed E-state index contributed by atoms with van der Waals surface area (Å²) in [7, 11) is 3.04. The number of halogens is 5. The molecule has 146 valence electrons. The fourth-order valence-corrected chi connectivity index (χ4v) is 3.00. The summed E-state index contributed by atoms with van der Waals surface area (Å²) in [4.78, 5) is 2.08. The Hall–Kier alpha value is -0.890. The number of alkyl halides is 3. The van der Waals surface area contributed by atoms with Crippen molar-refractivity contribution in [1.29, 1.82) is 0 Å². The van der Waals surface area contributed by atoms with Crippen LogP contribution in [-0.2, 0) is 0 Å². The number of benzene rings is 1. The van der Waals surface area contributed by atoms with E-state index in [1.165, 1.54) is 14.2 Å². The Balaban J connectivity index is 0.00000288. The largest absolute Gasteiger partial charge is 0.493 e. The first-order valence-corrected chi connectivity index (χ1v) is 7.68. The van der Waals surface area contributed by atoms with Gasteiger partial charge in [-0.15, -0.1) is 24.8 Å². The second-order valence-corrected chi connectivity index (χ2v) is 5.54. The SMILES string of the molecule is COc1cccc([C@@H](CCC(F)(F)F)N2CCNCC2)c1OC.Cl.Cl. The van der Waals surface area contributed by atoms with E-state index < -0.39 is 12.6 Å². The zero-order valence-corrected chi connectivity index (χ0v) is 15.9. The number of methoxy groups -OCH3 is 2. The molecule has 0 radical (unpaired) electrons.